The number of carbonyl (C=O) groups excluding carboxylic acids is 7. The van der Waals surface area contributed by atoms with E-state index in [9.17, 15) is 95.4 Å². The van der Waals surface area contributed by atoms with E-state index in [0.29, 0.717) is 102 Å². The Morgan fingerprint density at radius 1 is 0.640 bits per heavy atom. The largest absolute Gasteiger partial charge is 0.480 e. The van der Waals surface area contributed by atoms with Crippen molar-refractivity contribution in [1.82, 2.24) is 34.7 Å². The molecule has 5 aliphatic rings. The number of esters is 2. The average Bonchev–Trinajstić information content (AvgIpc) is 1.66. The Labute approximate surface area is 664 Å². The molecule has 6 aromatic rings. The number of alkyl halides is 16. The first-order valence-corrected chi connectivity index (χ1v) is 38.2. The van der Waals surface area contributed by atoms with E-state index in [1.165, 1.54) is 43.3 Å². The number of aromatic nitrogens is 7. The van der Waals surface area contributed by atoms with Gasteiger partial charge in [0, 0.05) is 83.2 Å². The zero-order valence-electron chi connectivity index (χ0n) is 60.8. The molecule has 2 saturated carbocycles. The summed E-state index contributed by atoms with van der Waals surface area (Å²) in [5.74, 6) is -9.43. The molecule has 2 atom stereocenters. The van der Waals surface area contributed by atoms with Crippen LogP contribution in [-0.4, -0.2) is 115 Å². The predicted molar refractivity (Wildman–Crippen MR) is 390 cm³/mol. The minimum atomic E-state index is -3.89. The van der Waals surface area contributed by atoms with Crippen molar-refractivity contribution in [2.45, 2.75) is 234 Å². The Morgan fingerprint density at radius 2 is 1.15 bits per heavy atom. The number of carboxylic acids is 1. The Bertz CT molecular complexity index is 4180. The fraction of sp³-hybridized carbons (Fsp3) is 0.541. The third-order valence-electron chi connectivity index (χ3n) is 17.3. The van der Waals surface area contributed by atoms with Crippen LogP contribution in [0.3, 0.4) is 0 Å². The summed E-state index contributed by atoms with van der Waals surface area (Å²) in [5, 5.41) is 4.50. The number of aryl methyl sites for hydroxylation is 1. The maximum Gasteiger partial charge on any atom is 0.417 e. The minimum absolute atomic E-state index is 0.00735. The van der Waals surface area contributed by atoms with Crippen LogP contribution in [-0.2, 0) is 117 Å². The highest BCUT2D eigenvalue weighted by atomic mass is 79.9. The van der Waals surface area contributed by atoms with Gasteiger partial charge in [-0.15, -0.1) is 0 Å². The summed E-state index contributed by atoms with van der Waals surface area (Å²) in [6.45, 7) is 7.37. The number of nitrogens with zero attached hydrogens (tertiary/aromatic N) is 6. The fourth-order valence-electron chi connectivity index (χ4n) is 12.6. The number of aromatic amines is 1. The molecule has 18 nitrogen and oxygen atoms in total. The van der Waals surface area contributed by atoms with E-state index >= 15 is 0 Å². The van der Waals surface area contributed by atoms with E-state index in [2.05, 4.69) is 69.2 Å². The van der Waals surface area contributed by atoms with Gasteiger partial charge in [0.15, 0.2) is 28.6 Å². The van der Waals surface area contributed by atoms with Gasteiger partial charge >= 0.3 is 44.8 Å². The lowest BCUT2D eigenvalue weighted by Gasteiger charge is -2.20. The second-order valence-electron chi connectivity index (χ2n) is 27.2. The Kier molecular flexibility index (Phi) is 36.1. The summed E-state index contributed by atoms with van der Waals surface area (Å²) in [5.41, 5.74) is 3.15. The van der Waals surface area contributed by atoms with Crippen LogP contribution < -0.4 is 0 Å². The van der Waals surface area contributed by atoms with Crippen molar-refractivity contribution in [3.05, 3.63) is 140 Å². The molecular weight excluding hydrogens is 1670 g/mol. The number of Topliss-reactive ketones (excluding diaryl/α,β-unsaturated/α-hetero) is 5. The van der Waals surface area contributed by atoms with Gasteiger partial charge in [0.1, 0.15) is 46.5 Å². The molecule has 2 aromatic carbocycles. The van der Waals surface area contributed by atoms with Gasteiger partial charge in [0.05, 0.1) is 30.3 Å². The number of ether oxygens (including phenoxy) is 2. The van der Waals surface area contributed by atoms with E-state index in [4.69, 9.17) is 44.6 Å². The lowest BCUT2D eigenvalue weighted by Crippen LogP contribution is -2.36. The number of ketones is 5. The molecule has 5 aliphatic carbocycles. The summed E-state index contributed by atoms with van der Waals surface area (Å²) in [6, 6.07) is 10.4. The van der Waals surface area contributed by atoms with Gasteiger partial charge in [0.2, 0.25) is 5.78 Å². The quantitative estimate of drug-likeness (QED) is 0.0251. The predicted octanol–water partition coefficient (Wildman–Crippen LogP) is 19.2. The van der Waals surface area contributed by atoms with Crippen molar-refractivity contribution in [2.75, 3.05) is 11.9 Å². The molecule has 0 aliphatic heterocycles. The third-order valence-corrected chi connectivity index (χ3v) is 18.7. The van der Waals surface area contributed by atoms with Crippen molar-refractivity contribution in [1.29, 1.82) is 0 Å². The second-order valence-corrected chi connectivity index (χ2v) is 30.1. The number of benzene rings is 2. The standard InChI is InChI=1S/C32H27ClF5N3O2.C10H11ClF2N2O2.C8H9ClF2N2.C8H9ClF2O2.C6H11BrO2.C6H10O.C4H5ClF2O2/c1-18(42)27-15-20(8-9-28(27)36)25-6-4-10-39-30(25)21(11-19-12-22(34)16-23(35)13-19)14-24(43)17-41-29-7-3-2-5-26(29)31(40-41)32(33,37)38;11-10(12,13)9-6-3-1-2-4-7(6)15(14-9)5-8(16)17;9-8(10,11)7-5-3-1-2-4-6(5)12-13-7;9-8(10,11)7(13)5-3-1-2-4-6(5)12;1-6(2,3)9-5(8)4-7;7-6-4-2-1-3-5-6;1-2-9-3(8)4(5,6)7/h4,6,8-10,12-13,15-16,21H,2-3,5,7,11,14,17H2,1H3;1-5H2,(H,16,17);1-4H2,(H,12,13);5H,1-4H2;4H2,1-3H3;1-5H2;2H2,1H3/t21-;;;;;;/m1....../s1. The molecule has 11 rings (SSSR count). The number of halogens is 19. The molecule has 111 heavy (non-hydrogen) atoms. The fourth-order valence-corrected chi connectivity index (χ4v) is 13.4. The maximum absolute atomic E-state index is 14.3. The number of aliphatic carboxylic acids is 1. The number of nitrogens with one attached hydrogen (secondary N) is 1. The molecular formula is C74H82BrCl5F13N7O11. The summed E-state index contributed by atoms with van der Waals surface area (Å²) in [6.07, 6.45) is 16.7. The molecule has 612 valence electrons. The first-order valence-electron chi connectivity index (χ1n) is 35.2. The molecule has 0 amide bonds. The number of carboxylic acid groups (broad SMARTS) is 1. The van der Waals surface area contributed by atoms with Gasteiger partial charge in [-0.1, -0.05) is 40.9 Å². The third kappa shape index (κ3) is 30.4. The highest BCUT2D eigenvalue weighted by Gasteiger charge is 2.45. The number of H-pyrrole nitrogens is 1. The summed E-state index contributed by atoms with van der Waals surface area (Å²) >= 11 is 27.0. The van der Waals surface area contributed by atoms with Crippen LogP contribution in [0.15, 0.2) is 54.7 Å². The molecule has 4 aromatic heterocycles. The first kappa shape index (κ1) is 94.6. The Morgan fingerprint density at radius 3 is 1.60 bits per heavy atom. The second kappa shape index (κ2) is 42.4. The molecule has 2 N–H and O–H groups in total. The SMILES string of the molecule is CC(=O)c1cc(-c2cccnc2[C@@H](CC(=O)Cn2nc(C(F)(F)Cl)c3c2CCCC3)Cc2cc(F)cc(F)c2)ccc1F.CC(C)(C)OC(=O)CBr.CCOC(=O)C(F)(F)Cl.FC(F)(Cl)c1n[nH]c2c1CCCC2.O=C(O)Cn1nc(C(F)(F)Cl)c2c1CCCC2.O=C1CCCCC1.O=C1CCCCC1C(=O)C(F)(F)Cl. The first-order chi connectivity index (χ1) is 51.6. The minimum Gasteiger partial charge on any atom is -0.480 e. The van der Waals surface area contributed by atoms with Crippen molar-refractivity contribution in [2.24, 2.45) is 5.92 Å². The molecule has 0 saturated heterocycles. The van der Waals surface area contributed by atoms with Gasteiger partial charge in [-0.05, 0) is 243 Å². The number of pyridine rings is 1. The highest BCUT2D eigenvalue weighted by molar-refractivity contribution is 9.09. The van der Waals surface area contributed by atoms with Crippen LogP contribution in [0.2, 0.25) is 0 Å². The molecule has 0 spiro atoms. The molecule has 4 heterocycles. The van der Waals surface area contributed by atoms with E-state index < -0.39 is 103 Å². The van der Waals surface area contributed by atoms with Crippen LogP contribution in [0, 0.1) is 23.4 Å². The number of hydrogen-bond acceptors (Lipinski definition) is 14. The lowest BCUT2D eigenvalue weighted by molar-refractivity contribution is -0.160. The van der Waals surface area contributed by atoms with Crippen LogP contribution in [0.25, 0.3) is 11.1 Å². The molecule has 37 heteroatoms. The zero-order chi connectivity index (χ0) is 83.1. The summed E-state index contributed by atoms with van der Waals surface area (Å²) < 4.78 is 182. The summed E-state index contributed by atoms with van der Waals surface area (Å²) in [4.78, 5) is 93.7. The van der Waals surface area contributed by atoms with E-state index in [-0.39, 0.29) is 78.3 Å². The molecule has 0 bridgehead atoms. The normalized spacial score (nSPS) is 15.9. The number of rotatable bonds is 19. The average molecular weight is 1750 g/mol. The smallest absolute Gasteiger partial charge is 0.417 e. The molecule has 2 fully saturated rings. The van der Waals surface area contributed by atoms with E-state index in [1.807, 2.05) is 20.8 Å². The molecule has 0 radical (unpaired) electrons. The molecule has 1 unspecified atom stereocenters. The van der Waals surface area contributed by atoms with Crippen LogP contribution >= 0.6 is 73.9 Å². The number of carbonyl (C=O) groups is 8. The van der Waals surface area contributed by atoms with Crippen molar-refractivity contribution in [3.8, 4) is 11.1 Å². The monoisotopic (exact) mass is 1750 g/mol. The highest BCUT2D eigenvalue weighted by Crippen LogP contribution is 2.42. The van der Waals surface area contributed by atoms with Gasteiger partial charge in [-0.2, -0.15) is 59.2 Å². The maximum atomic E-state index is 14.3. The van der Waals surface area contributed by atoms with Gasteiger partial charge < -0.3 is 14.6 Å². The Balaban J connectivity index is 0.000000265. The van der Waals surface area contributed by atoms with Crippen LogP contribution in [0.4, 0.5) is 57.1 Å². The van der Waals surface area contributed by atoms with Crippen LogP contribution in [0.1, 0.15) is 216 Å². The lowest BCUT2D eigenvalue weighted by atomic mass is 9.85. The Hall–Kier alpha value is -7.00. The van der Waals surface area contributed by atoms with Crippen molar-refractivity contribution in [3.63, 3.8) is 0 Å². The zero-order valence-corrected chi connectivity index (χ0v) is 66.2. The van der Waals surface area contributed by atoms with Crippen molar-refractivity contribution < 1.29 is 110 Å². The topological polar surface area (TPSA) is 252 Å². The summed E-state index contributed by atoms with van der Waals surface area (Å²) in [7, 11) is 0. The van der Waals surface area contributed by atoms with Crippen molar-refractivity contribution >= 4 is 121 Å². The van der Waals surface area contributed by atoms with E-state index in [1.54, 1.807) is 12.1 Å². The van der Waals surface area contributed by atoms with E-state index in [0.717, 1.165) is 98.8 Å². The van der Waals surface area contributed by atoms with Gasteiger partial charge in [-0.25, -0.2) is 18.0 Å². The van der Waals surface area contributed by atoms with Gasteiger partial charge in [-0.3, -0.25) is 53.0 Å². The number of hydrogen-bond donors (Lipinski definition) is 2. The van der Waals surface area contributed by atoms with Crippen LogP contribution in [0.5, 0.6) is 0 Å². The van der Waals surface area contributed by atoms with Gasteiger partial charge in [0.25, 0.3) is 0 Å². The number of fused-ring (bicyclic) bond motifs is 3.